The third-order valence-corrected chi connectivity index (χ3v) is 13.5. The summed E-state index contributed by atoms with van der Waals surface area (Å²) in [6.07, 6.45) is 1.88. The number of nitrogens with zero attached hydrogens (tertiary/aromatic N) is 6. The predicted octanol–water partition coefficient (Wildman–Crippen LogP) is 14.5. The minimum absolute atomic E-state index is 0.652. The van der Waals surface area contributed by atoms with E-state index in [-0.39, 0.29) is 0 Å². The Morgan fingerprint density at radius 1 is 0.349 bits per heavy atom. The Balaban J connectivity index is 0.979. The van der Waals surface area contributed by atoms with Crippen molar-refractivity contribution >= 4 is 75.3 Å². The highest BCUT2D eigenvalue weighted by Crippen LogP contribution is 2.45. The lowest BCUT2D eigenvalue weighted by atomic mass is 10.0. The molecular formula is C56H34N6S. The zero-order valence-electron chi connectivity index (χ0n) is 33.7. The van der Waals surface area contributed by atoms with Gasteiger partial charge in [-0.3, -0.25) is 4.57 Å². The highest BCUT2D eigenvalue weighted by Gasteiger charge is 2.21. The molecule has 0 saturated carbocycles. The highest BCUT2D eigenvalue weighted by atomic mass is 32.1. The summed E-state index contributed by atoms with van der Waals surface area (Å²) in [5.74, 6) is 1.96. The second-order valence-electron chi connectivity index (χ2n) is 15.8. The molecule has 0 N–H and O–H groups in total. The first-order chi connectivity index (χ1) is 31.2. The zero-order chi connectivity index (χ0) is 41.4. The number of rotatable bonds is 6. The maximum absolute atomic E-state index is 5.13. The van der Waals surface area contributed by atoms with Gasteiger partial charge in [0.15, 0.2) is 17.5 Å². The predicted molar refractivity (Wildman–Crippen MR) is 261 cm³/mol. The average Bonchev–Trinajstić information content (AvgIpc) is 4.02. The van der Waals surface area contributed by atoms with Crippen molar-refractivity contribution in [1.82, 2.24) is 29.1 Å². The summed E-state index contributed by atoms with van der Waals surface area (Å²) in [5, 5.41) is 7.13. The van der Waals surface area contributed by atoms with Gasteiger partial charge in [-0.15, -0.1) is 11.3 Å². The van der Waals surface area contributed by atoms with E-state index in [4.69, 9.17) is 19.9 Å². The van der Waals surface area contributed by atoms with Crippen LogP contribution in [0.25, 0.3) is 121 Å². The second-order valence-corrected chi connectivity index (χ2v) is 16.9. The van der Waals surface area contributed by atoms with Gasteiger partial charge in [0.25, 0.3) is 0 Å². The summed E-state index contributed by atoms with van der Waals surface area (Å²) in [6.45, 7) is 0. The molecule has 0 unspecified atom stereocenters. The Labute approximate surface area is 365 Å². The van der Waals surface area contributed by atoms with Gasteiger partial charge in [0.05, 0.1) is 26.9 Å². The van der Waals surface area contributed by atoms with E-state index in [1.165, 1.54) is 48.3 Å². The molecule has 7 heteroatoms. The largest absolute Gasteiger partial charge is 0.308 e. The number of thiophene rings is 1. The Hall–Kier alpha value is -8.26. The number of aromatic nitrogens is 6. The molecule has 294 valence electrons. The first-order valence-corrected chi connectivity index (χ1v) is 21.9. The van der Waals surface area contributed by atoms with Gasteiger partial charge in [-0.05, 0) is 77.9 Å². The number of hydrogen-bond acceptors (Lipinski definition) is 5. The van der Waals surface area contributed by atoms with Gasteiger partial charge >= 0.3 is 0 Å². The van der Waals surface area contributed by atoms with Crippen LogP contribution in [0, 0.1) is 0 Å². The SMILES string of the molecule is c1ccc(-c2nc(-c3ccccc3)nc(-c3cccc4c3sc3c(-n5c6ccccc6c6cc(-c7ccc8c(c7)c7cccnc7n8-c7ccccc7)ccc65)cccc34)n2)cc1. The third kappa shape index (κ3) is 5.64. The minimum Gasteiger partial charge on any atom is -0.308 e. The van der Waals surface area contributed by atoms with Crippen molar-refractivity contribution in [2.24, 2.45) is 0 Å². The lowest BCUT2D eigenvalue weighted by Gasteiger charge is -2.10. The fourth-order valence-electron chi connectivity index (χ4n) is 9.36. The van der Waals surface area contributed by atoms with Gasteiger partial charge in [0.1, 0.15) is 5.65 Å². The Morgan fingerprint density at radius 2 is 0.889 bits per heavy atom. The fourth-order valence-corrected chi connectivity index (χ4v) is 10.7. The van der Waals surface area contributed by atoms with E-state index in [0.717, 1.165) is 54.8 Å². The molecule has 0 amide bonds. The van der Waals surface area contributed by atoms with Crippen molar-refractivity contribution in [3.05, 3.63) is 206 Å². The molecule has 5 heterocycles. The molecule has 0 fully saturated rings. The molecule has 0 bridgehead atoms. The van der Waals surface area contributed by atoms with Crippen molar-refractivity contribution < 1.29 is 0 Å². The normalized spacial score (nSPS) is 11.8. The summed E-state index contributed by atoms with van der Waals surface area (Å²) in [7, 11) is 0. The van der Waals surface area contributed by atoms with Crippen LogP contribution >= 0.6 is 11.3 Å². The van der Waals surface area contributed by atoms with Gasteiger partial charge < -0.3 is 4.57 Å². The lowest BCUT2D eigenvalue weighted by Crippen LogP contribution is -2.00. The first-order valence-electron chi connectivity index (χ1n) is 21.1. The van der Waals surface area contributed by atoms with Crippen LogP contribution in [0.3, 0.4) is 0 Å². The molecule has 0 aliphatic carbocycles. The van der Waals surface area contributed by atoms with E-state index < -0.39 is 0 Å². The lowest BCUT2D eigenvalue weighted by molar-refractivity contribution is 1.08. The van der Waals surface area contributed by atoms with Crippen LogP contribution in [0.15, 0.2) is 206 Å². The summed E-state index contributed by atoms with van der Waals surface area (Å²) in [4.78, 5) is 20.1. The topological polar surface area (TPSA) is 61.4 Å². The van der Waals surface area contributed by atoms with Crippen LogP contribution < -0.4 is 0 Å². The minimum atomic E-state index is 0.652. The van der Waals surface area contributed by atoms with Crippen LogP contribution in [0.2, 0.25) is 0 Å². The molecule has 5 aromatic heterocycles. The van der Waals surface area contributed by atoms with E-state index in [0.29, 0.717) is 17.5 Å². The standard InChI is InChI=1S/C56H34N6S/c1-4-15-35(16-5-1)53-58-54(36-17-6-2-7-18-36)60-55(59-53)44-24-12-22-41-42-23-13-27-50(52(42)63-51(41)44)62-47-26-11-10-21-40(47)45-33-37(29-31-49(45)62)38-28-30-48-46(34-38)43-25-14-32-57-56(43)61(48)39-19-8-3-9-20-39/h1-34H. The molecule has 0 radical (unpaired) electrons. The first kappa shape index (κ1) is 35.5. The van der Waals surface area contributed by atoms with E-state index in [9.17, 15) is 0 Å². The van der Waals surface area contributed by atoms with E-state index >= 15 is 0 Å². The number of benzene rings is 8. The van der Waals surface area contributed by atoms with E-state index in [2.05, 4.69) is 167 Å². The van der Waals surface area contributed by atoms with Gasteiger partial charge in [0, 0.05) is 65.6 Å². The van der Waals surface area contributed by atoms with Crippen LogP contribution in [0.5, 0.6) is 0 Å². The summed E-state index contributed by atoms with van der Waals surface area (Å²) < 4.78 is 7.06. The third-order valence-electron chi connectivity index (χ3n) is 12.2. The van der Waals surface area contributed by atoms with Crippen molar-refractivity contribution in [2.75, 3.05) is 0 Å². The number of para-hydroxylation sites is 2. The molecular weight excluding hydrogens is 789 g/mol. The Bertz CT molecular complexity index is 3850. The molecule has 0 spiro atoms. The van der Waals surface area contributed by atoms with Crippen molar-refractivity contribution in [2.45, 2.75) is 0 Å². The summed E-state index contributed by atoms with van der Waals surface area (Å²) in [5.41, 5.74) is 11.9. The molecule has 0 aliphatic heterocycles. The number of fused-ring (bicyclic) bond motifs is 9. The molecule has 13 aromatic rings. The quantitative estimate of drug-likeness (QED) is 0.168. The van der Waals surface area contributed by atoms with Gasteiger partial charge in [-0.1, -0.05) is 133 Å². The maximum atomic E-state index is 5.13. The number of hydrogen-bond donors (Lipinski definition) is 0. The highest BCUT2D eigenvalue weighted by molar-refractivity contribution is 7.26. The maximum Gasteiger partial charge on any atom is 0.165 e. The van der Waals surface area contributed by atoms with Crippen molar-refractivity contribution in [3.63, 3.8) is 0 Å². The van der Waals surface area contributed by atoms with Crippen molar-refractivity contribution in [3.8, 4) is 56.7 Å². The molecule has 63 heavy (non-hydrogen) atoms. The molecule has 0 aliphatic rings. The molecule has 0 saturated heterocycles. The van der Waals surface area contributed by atoms with E-state index in [1.807, 2.05) is 48.7 Å². The fraction of sp³-hybridized carbons (Fsp3) is 0. The molecule has 0 atom stereocenters. The molecule has 6 nitrogen and oxygen atoms in total. The van der Waals surface area contributed by atoms with Crippen LogP contribution in [-0.2, 0) is 0 Å². The van der Waals surface area contributed by atoms with Gasteiger partial charge in [-0.25, -0.2) is 19.9 Å². The van der Waals surface area contributed by atoms with Crippen LogP contribution in [0.4, 0.5) is 0 Å². The van der Waals surface area contributed by atoms with E-state index in [1.54, 1.807) is 11.3 Å². The molecule has 8 aromatic carbocycles. The van der Waals surface area contributed by atoms with Gasteiger partial charge in [0.2, 0.25) is 0 Å². The van der Waals surface area contributed by atoms with Crippen LogP contribution in [0.1, 0.15) is 0 Å². The van der Waals surface area contributed by atoms with Crippen LogP contribution in [-0.4, -0.2) is 29.1 Å². The molecule has 13 rings (SSSR count). The summed E-state index contributed by atoms with van der Waals surface area (Å²) >= 11 is 1.80. The second kappa shape index (κ2) is 14.2. The number of pyridine rings is 1. The zero-order valence-corrected chi connectivity index (χ0v) is 34.5. The van der Waals surface area contributed by atoms with Gasteiger partial charge in [-0.2, -0.15) is 0 Å². The summed E-state index contributed by atoms with van der Waals surface area (Å²) in [6, 6.07) is 70.7. The average molecular weight is 823 g/mol. The Kier molecular flexibility index (Phi) is 7.98. The van der Waals surface area contributed by atoms with Crippen molar-refractivity contribution in [1.29, 1.82) is 0 Å². The Morgan fingerprint density at radius 3 is 1.60 bits per heavy atom. The monoisotopic (exact) mass is 822 g/mol. The smallest absolute Gasteiger partial charge is 0.165 e.